The van der Waals surface area contributed by atoms with Crippen LogP contribution in [-0.2, 0) is 9.53 Å². The van der Waals surface area contributed by atoms with Gasteiger partial charge in [-0.2, -0.15) is 0 Å². The normalized spacial score (nSPS) is 11.7. The summed E-state index contributed by atoms with van der Waals surface area (Å²) in [4.78, 5) is 24.1. The maximum atomic E-state index is 12.2. The van der Waals surface area contributed by atoms with Crippen LogP contribution in [0.25, 0.3) is 0 Å². The predicted molar refractivity (Wildman–Crippen MR) is 102 cm³/mol. The zero-order valence-electron chi connectivity index (χ0n) is 15.0. The molecule has 0 saturated heterocycles. The lowest BCUT2D eigenvalue weighted by atomic mass is 10.2. The number of nitrogens with one attached hydrogen (secondary N) is 1. The number of carbonyl (C=O) groups excluding carboxylic acids is 2. The van der Waals surface area contributed by atoms with Crippen LogP contribution in [0.15, 0.2) is 48.5 Å². The summed E-state index contributed by atoms with van der Waals surface area (Å²) in [5, 5.41) is 3.38. The van der Waals surface area contributed by atoms with Crippen LogP contribution in [0.2, 0.25) is 5.02 Å². The monoisotopic (exact) mass is 375 g/mol. The zero-order chi connectivity index (χ0) is 19.1. The summed E-state index contributed by atoms with van der Waals surface area (Å²) in [6, 6.07) is 13.4. The molecule has 0 aliphatic heterocycles. The highest BCUT2D eigenvalue weighted by molar-refractivity contribution is 6.30. The molecule has 0 bridgehead atoms. The minimum absolute atomic E-state index is 0.247. The second-order valence-electron chi connectivity index (χ2n) is 6.27. The molecule has 0 radical (unpaired) electrons. The minimum atomic E-state index is -0.720. The summed E-state index contributed by atoms with van der Waals surface area (Å²) in [6.45, 7) is 5.92. The average molecular weight is 376 g/mol. The van der Waals surface area contributed by atoms with E-state index in [4.69, 9.17) is 21.1 Å². The Morgan fingerprint density at radius 1 is 1.00 bits per heavy atom. The van der Waals surface area contributed by atoms with Crippen molar-refractivity contribution in [1.82, 2.24) is 0 Å². The third-order valence-corrected chi connectivity index (χ3v) is 3.67. The van der Waals surface area contributed by atoms with E-state index in [1.165, 1.54) is 0 Å². The second kappa shape index (κ2) is 9.25. The number of hydrogen-bond acceptors (Lipinski definition) is 4. The fraction of sp³-hybridized carbons (Fsp3) is 0.300. The van der Waals surface area contributed by atoms with Gasteiger partial charge in [-0.3, -0.25) is 4.79 Å². The molecule has 0 spiro atoms. The molecule has 2 aromatic carbocycles. The largest absolute Gasteiger partial charge is 0.479 e. The average Bonchev–Trinajstić information content (AvgIpc) is 2.62. The van der Waals surface area contributed by atoms with Crippen LogP contribution in [0.4, 0.5) is 5.69 Å². The van der Waals surface area contributed by atoms with Gasteiger partial charge in [0.05, 0.1) is 6.61 Å². The molecule has 0 unspecified atom stereocenters. The van der Waals surface area contributed by atoms with E-state index in [2.05, 4.69) is 5.32 Å². The molecule has 1 N–H and O–H groups in total. The first-order valence-corrected chi connectivity index (χ1v) is 8.73. The molecule has 0 saturated carbocycles. The molecule has 2 rings (SSSR count). The number of amides is 1. The van der Waals surface area contributed by atoms with Crippen LogP contribution in [-0.4, -0.2) is 24.6 Å². The van der Waals surface area contributed by atoms with Crippen molar-refractivity contribution in [3.8, 4) is 5.75 Å². The van der Waals surface area contributed by atoms with Crippen molar-refractivity contribution in [2.24, 2.45) is 5.92 Å². The van der Waals surface area contributed by atoms with Gasteiger partial charge in [-0.1, -0.05) is 25.4 Å². The number of anilines is 1. The zero-order valence-corrected chi connectivity index (χ0v) is 15.7. The van der Waals surface area contributed by atoms with Gasteiger partial charge in [-0.25, -0.2) is 4.79 Å². The first-order chi connectivity index (χ1) is 12.3. The van der Waals surface area contributed by atoms with Gasteiger partial charge in [0.2, 0.25) is 0 Å². The number of rotatable bonds is 7. The fourth-order valence-electron chi connectivity index (χ4n) is 2.04. The quantitative estimate of drug-likeness (QED) is 0.720. The predicted octanol–water partition coefficient (Wildman–Crippen LogP) is 4.56. The fourth-order valence-corrected chi connectivity index (χ4v) is 2.17. The molecule has 1 atom stereocenters. The summed E-state index contributed by atoms with van der Waals surface area (Å²) in [7, 11) is 0. The molecule has 1 amide bonds. The second-order valence-corrected chi connectivity index (χ2v) is 6.71. The SMILES string of the molecule is CC(C)COC(=O)[C@H](C)Oc1ccc(C(=O)Nc2ccc(Cl)cc2)cc1. The Kier molecular flexibility index (Phi) is 7.04. The van der Waals surface area contributed by atoms with Crippen molar-refractivity contribution in [3.05, 3.63) is 59.1 Å². The number of ether oxygens (including phenoxy) is 2. The van der Waals surface area contributed by atoms with Gasteiger partial charge in [0, 0.05) is 16.3 Å². The third-order valence-electron chi connectivity index (χ3n) is 3.42. The molecular formula is C20H22ClNO4. The van der Waals surface area contributed by atoms with Crippen LogP contribution in [0.3, 0.4) is 0 Å². The molecule has 5 nitrogen and oxygen atoms in total. The van der Waals surface area contributed by atoms with Crippen molar-refractivity contribution in [3.63, 3.8) is 0 Å². The Balaban J connectivity index is 1.91. The molecule has 2 aromatic rings. The van der Waals surface area contributed by atoms with E-state index < -0.39 is 12.1 Å². The van der Waals surface area contributed by atoms with E-state index >= 15 is 0 Å². The van der Waals surface area contributed by atoms with Gasteiger partial charge in [0.25, 0.3) is 5.91 Å². The van der Waals surface area contributed by atoms with Crippen LogP contribution in [0.5, 0.6) is 5.75 Å². The van der Waals surface area contributed by atoms with Crippen molar-refractivity contribution >= 4 is 29.2 Å². The number of benzene rings is 2. The standard InChI is InChI=1S/C20H22ClNO4/c1-13(2)12-25-20(24)14(3)26-18-10-4-15(5-11-18)19(23)22-17-8-6-16(21)7-9-17/h4-11,13-14H,12H2,1-3H3,(H,22,23)/t14-/m0/s1. The smallest absolute Gasteiger partial charge is 0.347 e. The highest BCUT2D eigenvalue weighted by Crippen LogP contribution is 2.17. The van der Waals surface area contributed by atoms with E-state index in [-0.39, 0.29) is 11.8 Å². The number of halogens is 1. The van der Waals surface area contributed by atoms with E-state index in [0.29, 0.717) is 28.6 Å². The van der Waals surface area contributed by atoms with Crippen LogP contribution >= 0.6 is 11.6 Å². The van der Waals surface area contributed by atoms with E-state index in [1.807, 2.05) is 13.8 Å². The highest BCUT2D eigenvalue weighted by atomic mass is 35.5. The number of carbonyl (C=O) groups is 2. The van der Waals surface area contributed by atoms with Crippen molar-refractivity contribution in [2.45, 2.75) is 26.9 Å². The maximum absolute atomic E-state index is 12.2. The molecule has 0 fully saturated rings. The minimum Gasteiger partial charge on any atom is -0.479 e. The third kappa shape index (κ3) is 6.08. The summed E-state index contributed by atoms with van der Waals surface area (Å²) >= 11 is 5.82. The molecule has 0 aromatic heterocycles. The molecule has 138 valence electrons. The van der Waals surface area contributed by atoms with Crippen molar-refractivity contribution < 1.29 is 19.1 Å². The first-order valence-electron chi connectivity index (χ1n) is 8.35. The number of esters is 1. The summed E-state index contributed by atoms with van der Waals surface area (Å²) in [5.41, 5.74) is 1.13. The summed E-state index contributed by atoms with van der Waals surface area (Å²) in [6.07, 6.45) is -0.720. The van der Waals surface area contributed by atoms with Crippen LogP contribution in [0, 0.1) is 5.92 Å². The lowest BCUT2D eigenvalue weighted by Crippen LogP contribution is -2.27. The van der Waals surface area contributed by atoms with Gasteiger partial charge in [0.1, 0.15) is 5.75 Å². The van der Waals surface area contributed by atoms with Gasteiger partial charge in [-0.05, 0) is 61.4 Å². The maximum Gasteiger partial charge on any atom is 0.347 e. The molecule has 6 heteroatoms. The van der Waals surface area contributed by atoms with Crippen LogP contribution in [0.1, 0.15) is 31.1 Å². The molecular weight excluding hydrogens is 354 g/mol. The molecule has 26 heavy (non-hydrogen) atoms. The van der Waals surface area contributed by atoms with Gasteiger partial charge in [-0.15, -0.1) is 0 Å². The van der Waals surface area contributed by atoms with E-state index in [9.17, 15) is 9.59 Å². The van der Waals surface area contributed by atoms with Gasteiger partial charge >= 0.3 is 5.97 Å². The Labute approximate surface area is 158 Å². The Morgan fingerprint density at radius 2 is 1.62 bits per heavy atom. The van der Waals surface area contributed by atoms with E-state index in [1.54, 1.807) is 55.5 Å². The summed E-state index contributed by atoms with van der Waals surface area (Å²) < 4.78 is 10.7. The van der Waals surface area contributed by atoms with Crippen molar-refractivity contribution in [1.29, 1.82) is 0 Å². The Morgan fingerprint density at radius 3 is 2.19 bits per heavy atom. The lowest BCUT2D eigenvalue weighted by molar-refractivity contribution is -0.152. The molecule has 0 aliphatic rings. The first kappa shape index (κ1) is 19.8. The van der Waals surface area contributed by atoms with Crippen LogP contribution < -0.4 is 10.1 Å². The van der Waals surface area contributed by atoms with Gasteiger partial charge in [0.15, 0.2) is 6.10 Å². The molecule has 0 aliphatic carbocycles. The topological polar surface area (TPSA) is 64.6 Å². The Bertz CT molecular complexity index is 741. The van der Waals surface area contributed by atoms with E-state index in [0.717, 1.165) is 0 Å². The molecule has 0 heterocycles. The van der Waals surface area contributed by atoms with Gasteiger partial charge < -0.3 is 14.8 Å². The lowest BCUT2D eigenvalue weighted by Gasteiger charge is -2.15. The Hall–Kier alpha value is -2.53. The van der Waals surface area contributed by atoms with Crippen molar-refractivity contribution in [2.75, 3.05) is 11.9 Å². The summed E-state index contributed by atoms with van der Waals surface area (Å²) in [5.74, 6) is 0.0955. The number of hydrogen-bond donors (Lipinski definition) is 1. The highest BCUT2D eigenvalue weighted by Gasteiger charge is 2.17.